The van der Waals surface area contributed by atoms with Crippen LogP contribution in [0.4, 0.5) is 4.39 Å². The van der Waals surface area contributed by atoms with Crippen molar-refractivity contribution < 1.29 is 24.1 Å². The molecule has 4 rings (SSSR count). The summed E-state index contributed by atoms with van der Waals surface area (Å²) in [6.07, 6.45) is 3.95. The number of halogens is 2. The van der Waals surface area contributed by atoms with Crippen LogP contribution < -0.4 is 4.74 Å². The van der Waals surface area contributed by atoms with Gasteiger partial charge in [0.15, 0.2) is 0 Å². The molecule has 2 aromatic carbocycles. The molecule has 1 saturated heterocycles. The molecule has 2 N–H and O–H groups in total. The Bertz CT molecular complexity index is 1210. The van der Waals surface area contributed by atoms with Crippen LogP contribution in [0.25, 0.3) is 10.9 Å². The lowest BCUT2D eigenvalue weighted by Gasteiger charge is -2.39. The van der Waals surface area contributed by atoms with Crippen LogP contribution in [0.5, 0.6) is 5.75 Å². The maximum absolute atomic E-state index is 13.4. The number of rotatable bonds is 10. The molecule has 0 spiro atoms. The summed E-state index contributed by atoms with van der Waals surface area (Å²) in [4.78, 5) is 18.9. The number of benzene rings is 2. The van der Waals surface area contributed by atoms with Gasteiger partial charge in [-0.1, -0.05) is 23.7 Å². The van der Waals surface area contributed by atoms with E-state index in [9.17, 15) is 19.4 Å². The van der Waals surface area contributed by atoms with Gasteiger partial charge in [-0.3, -0.25) is 9.78 Å². The number of piperidine rings is 1. The van der Waals surface area contributed by atoms with Crippen molar-refractivity contribution in [3.8, 4) is 5.75 Å². The summed E-state index contributed by atoms with van der Waals surface area (Å²) in [6, 6.07) is 12.0. The number of nitrogens with zero attached hydrogens (tertiary/aromatic N) is 2. The van der Waals surface area contributed by atoms with Gasteiger partial charge in [0.05, 0.1) is 29.2 Å². The van der Waals surface area contributed by atoms with Crippen molar-refractivity contribution in [3.63, 3.8) is 0 Å². The quantitative estimate of drug-likeness (QED) is 0.364. The van der Waals surface area contributed by atoms with Gasteiger partial charge in [0.25, 0.3) is 0 Å². The summed E-state index contributed by atoms with van der Waals surface area (Å²) in [5.41, 5.74) is 1.33. The second-order valence-electron chi connectivity index (χ2n) is 9.62. The normalized spacial score (nSPS) is 16.7. The average Bonchev–Trinajstić information content (AvgIpc) is 2.87. The first-order valence-corrected chi connectivity index (χ1v) is 12.7. The number of aliphatic carboxylic acids is 1. The fourth-order valence-corrected chi connectivity index (χ4v) is 5.44. The number of likely N-dealkylation sites (tertiary alicyclic amines) is 1. The predicted octanol–water partition coefficient (Wildman–Crippen LogP) is 5.65. The van der Waals surface area contributed by atoms with Gasteiger partial charge in [-0.15, -0.1) is 0 Å². The van der Waals surface area contributed by atoms with E-state index in [-0.39, 0.29) is 12.2 Å². The maximum Gasteiger partial charge on any atom is 0.309 e. The third-order valence-electron chi connectivity index (χ3n) is 7.39. The number of aliphatic hydroxyl groups excluding tert-OH is 1. The van der Waals surface area contributed by atoms with E-state index in [0.717, 1.165) is 24.9 Å². The molecule has 3 aromatic rings. The zero-order valence-electron chi connectivity index (χ0n) is 20.4. The Morgan fingerprint density at radius 3 is 2.72 bits per heavy atom. The Hall–Kier alpha value is -2.74. The standard InChI is InChI=1S/C28H32ClFN2O4/c1-36-21-7-8-24-22(17-21)26(23(29)18-31-24)25(33)9-10-28(27(34)35)11-14-32(15-12-28)13-3-5-19-4-2-6-20(30)16-19/h2,4,6-8,16-18,25,33H,3,5,9-15H2,1H3,(H,34,35)/t25-/m0/s1. The first-order valence-electron chi connectivity index (χ1n) is 12.3. The highest BCUT2D eigenvalue weighted by molar-refractivity contribution is 6.32. The largest absolute Gasteiger partial charge is 0.497 e. The number of aromatic nitrogens is 1. The highest BCUT2D eigenvalue weighted by atomic mass is 35.5. The molecule has 1 aliphatic heterocycles. The van der Waals surface area contributed by atoms with Gasteiger partial charge in [0, 0.05) is 17.1 Å². The summed E-state index contributed by atoms with van der Waals surface area (Å²) in [7, 11) is 1.57. The van der Waals surface area contributed by atoms with Gasteiger partial charge in [0.2, 0.25) is 0 Å². The number of fused-ring (bicyclic) bond motifs is 1. The van der Waals surface area contributed by atoms with E-state index < -0.39 is 17.5 Å². The Morgan fingerprint density at radius 2 is 2.03 bits per heavy atom. The van der Waals surface area contributed by atoms with Crippen LogP contribution in [-0.2, 0) is 11.2 Å². The molecule has 1 aliphatic rings. The number of pyridine rings is 1. The van der Waals surface area contributed by atoms with Crippen LogP contribution in [0.15, 0.2) is 48.7 Å². The Labute approximate surface area is 215 Å². The fraction of sp³-hybridized carbons (Fsp3) is 0.429. The third-order valence-corrected chi connectivity index (χ3v) is 7.69. The monoisotopic (exact) mass is 514 g/mol. The summed E-state index contributed by atoms with van der Waals surface area (Å²) < 4.78 is 18.7. The SMILES string of the molecule is COc1ccc2ncc(Cl)c([C@@H](O)CCC3(C(=O)O)CCN(CCCc4cccc(F)c4)CC3)c2c1. The second kappa shape index (κ2) is 11.5. The molecule has 1 fully saturated rings. The fourth-order valence-electron chi connectivity index (χ4n) is 5.17. The first-order chi connectivity index (χ1) is 17.3. The third kappa shape index (κ3) is 5.97. The molecule has 1 aromatic heterocycles. The Morgan fingerprint density at radius 1 is 1.25 bits per heavy atom. The number of aliphatic hydroxyl groups is 1. The van der Waals surface area contributed by atoms with Crippen molar-refractivity contribution in [3.05, 3.63) is 70.6 Å². The molecule has 192 valence electrons. The van der Waals surface area contributed by atoms with E-state index in [0.29, 0.717) is 59.6 Å². The van der Waals surface area contributed by atoms with E-state index in [1.54, 1.807) is 31.4 Å². The van der Waals surface area contributed by atoms with Crippen LogP contribution in [0.3, 0.4) is 0 Å². The summed E-state index contributed by atoms with van der Waals surface area (Å²) in [5.74, 6) is -0.410. The van der Waals surface area contributed by atoms with E-state index in [2.05, 4.69) is 9.88 Å². The molecule has 6 nitrogen and oxygen atoms in total. The highest BCUT2D eigenvalue weighted by Crippen LogP contribution is 2.41. The van der Waals surface area contributed by atoms with Crippen molar-refractivity contribution in [1.29, 1.82) is 0 Å². The molecular formula is C28H32ClFN2O4. The summed E-state index contributed by atoms with van der Waals surface area (Å²) >= 11 is 6.43. The zero-order valence-corrected chi connectivity index (χ0v) is 21.2. The highest BCUT2D eigenvalue weighted by Gasteiger charge is 2.41. The molecule has 8 heteroatoms. The van der Waals surface area contributed by atoms with Crippen molar-refractivity contribution in [2.24, 2.45) is 5.41 Å². The molecular weight excluding hydrogens is 483 g/mol. The van der Waals surface area contributed by atoms with Gasteiger partial charge in [-0.05, 0) is 94.1 Å². The molecule has 1 atom stereocenters. The lowest BCUT2D eigenvalue weighted by Crippen LogP contribution is -2.44. The van der Waals surface area contributed by atoms with Crippen LogP contribution in [0, 0.1) is 11.2 Å². The van der Waals surface area contributed by atoms with E-state index in [4.69, 9.17) is 16.3 Å². The summed E-state index contributed by atoms with van der Waals surface area (Å²) in [5, 5.41) is 22.3. The molecule has 2 heterocycles. The van der Waals surface area contributed by atoms with Crippen LogP contribution >= 0.6 is 11.6 Å². The Balaban J connectivity index is 1.37. The van der Waals surface area contributed by atoms with Gasteiger partial charge in [-0.2, -0.15) is 0 Å². The van der Waals surface area contributed by atoms with E-state index >= 15 is 0 Å². The number of methoxy groups -OCH3 is 1. The molecule has 0 unspecified atom stereocenters. The van der Waals surface area contributed by atoms with E-state index in [1.165, 1.54) is 12.3 Å². The molecule has 0 bridgehead atoms. The van der Waals surface area contributed by atoms with Gasteiger partial charge in [-0.25, -0.2) is 4.39 Å². The second-order valence-corrected chi connectivity index (χ2v) is 10.0. The topological polar surface area (TPSA) is 82.9 Å². The van der Waals surface area contributed by atoms with Gasteiger partial charge < -0.3 is 19.8 Å². The van der Waals surface area contributed by atoms with Crippen LogP contribution in [-0.4, -0.2) is 52.8 Å². The lowest BCUT2D eigenvalue weighted by molar-refractivity contribution is -0.153. The predicted molar refractivity (Wildman–Crippen MR) is 138 cm³/mol. The molecule has 0 amide bonds. The van der Waals surface area contributed by atoms with E-state index in [1.807, 2.05) is 12.1 Å². The van der Waals surface area contributed by atoms with Crippen LogP contribution in [0.2, 0.25) is 5.02 Å². The van der Waals surface area contributed by atoms with Crippen molar-refractivity contribution in [2.75, 3.05) is 26.7 Å². The number of carboxylic acid groups (broad SMARTS) is 1. The zero-order chi connectivity index (χ0) is 25.7. The number of hydrogen-bond acceptors (Lipinski definition) is 5. The molecule has 0 saturated carbocycles. The van der Waals surface area contributed by atoms with Crippen molar-refractivity contribution in [1.82, 2.24) is 9.88 Å². The van der Waals surface area contributed by atoms with Crippen LogP contribution in [0.1, 0.15) is 49.3 Å². The number of ether oxygens (including phenoxy) is 1. The van der Waals surface area contributed by atoms with Crippen molar-refractivity contribution >= 4 is 28.5 Å². The van der Waals surface area contributed by atoms with Gasteiger partial charge >= 0.3 is 5.97 Å². The minimum Gasteiger partial charge on any atom is -0.497 e. The maximum atomic E-state index is 13.4. The Kier molecular flexibility index (Phi) is 8.44. The summed E-state index contributed by atoms with van der Waals surface area (Å²) in [6.45, 7) is 2.21. The number of hydrogen-bond donors (Lipinski definition) is 2. The average molecular weight is 515 g/mol. The number of aryl methyl sites for hydroxylation is 1. The molecule has 0 radical (unpaired) electrons. The minimum atomic E-state index is -0.921. The minimum absolute atomic E-state index is 0.223. The number of carboxylic acids is 1. The number of carbonyl (C=O) groups is 1. The smallest absolute Gasteiger partial charge is 0.309 e. The molecule has 0 aliphatic carbocycles. The lowest BCUT2D eigenvalue weighted by atomic mass is 9.74. The first kappa shape index (κ1) is 26.3. The molecule has 36 heavy (non-hydrogen) atoms. The van der Waals surface area contributed by atoms with Crippen molar-refractivity contribution in [2.45, 2.75) is 44.6 Å². The van der Waals surface area contributed by atoms with Gasteiger partial charge in [0.1, 0.15) is 11.6 Å².